The van der Waals surface area contributed by atoms with E-state index >= 15 is 0 Å². The van der Waals surface area contributed by atoms with Crippen LogP contribution >= 0.6 is 15.9 Å². The summed E-state index contributed by atoms with van der Waals surface area (Å²) in [5, 5.41) is 25.7. The van der Waals surface area contributed by atoms with Crippen LogP contribution in [0.15, 0.2) is 76.2 Å². The first-order chi connectivity index (χ1) is 14.0. The minimum absolute atomic E-state index is 0.0918. The van der Waals surface area contributed by atoms with Crippen molar-refractivity contribution in [2.24, 2.45) is 4.99 Å². The fourth-order valence-corrected chi connectivity index (χ4v) is 3.07. The molecule has 150 valence electrons. The van der Waals surface area contributed by atoms with Crippen molar-refractivity contribution in [2.45, 2.75) is 13.0 Å². The first-order valence-electron chi connectivity index (χ1n) is 9.06. The molecule has 5 nitrogen and oxygen atoms in total. The van der Waals surface area contributed by atoms with E-state index in [1.807, 2.05) is 12.1 Å². The summed E-state index contributed by atoms with van der Waals surface area (Å²) in [7, 11) is 0. The number of para-hydroxylation sites is 2. The van der Waals surface area contributed by atoms with Crippen LogP contribution in [0.4, 0.5) is 10.1 Å². The van der Waals surface area contributed by atoms with Crippen LogP contribution in [-0.4, -0.2) is 22.7 Å². The molecule has 0 aliphatic heterocycles. The van der Waals surface area contributed by atoms with Crippen molar-refractivity contribution < 1.29 is 14.6 Å². The molecule has 0 radical (unpaired) electrons. The molecule has 4 N–H and O–H groups in total. The second-order valence-electron chi connectivity index (χ2n) is 6.39. The number of aliphatic imine (C=N–C) groups is 1. The summed E-state index contributed by atoms with van der Waals surface area (Å²) >= 11 is 3.34. The Hall–Kier alpha value is -3.06. The Morgan fingerprint density at radius 2 is 1.76 bits per heavy atom. The van der Waals surface area contributed by atoms with Gasteiger partial charge in [-0.05, 0) is 54.4 Å². The molecule has 0 saturated carbocycles. The fourth-order valence-electron chi connectivity index (χ4n) is 2.66. The van der Waals surface area contributed by atoms with Crippen molar-refractivity contribution in [1.29, 1.82) is 0 Å². The molecular formula is C22H21BrFN3O2. The highest BCUT2D eigenvalue weighted by molar-refractivity contribution is 9.10. The standard InChI is InChI=1S/C22H21BrFN3O2/c23-17-7-10-19(24)16(13-17)14-26-22(27-20-3-1-2-4-21(20)29)25-12-11-15-5-8-18(28)9-6-15/h1-10,13,28-29H,11-12,14H2,(H2,25,26,27). The average molecular weight is 458 g/mol. The van der Waals surface area contributed by atoms with Crippen LogP contribution in [-0.2, 0) is 13.0 Å². The second kappa shape index (κ2) is 9.93. The van der Waals surface area contributed by atoms with E-state index in [-0.39, 0.29) is 23.9 Å². The largest absolute Gasteiger partial charge is 0.508 e. The minimum Gasteiger partial charge on any atom is -0.508 e. The predicted molar refractivity (Wildman–Crippen MR) is 117 cm³/mol. The van der Waals surface area contributed by atoms with Gasteiger partial charge in [-0.3, -0.25) is 0 Å². The number of nitrogens with one attached hydrogen (secondary N) is 2. The normalized spacial score (nSPS) is 11.3. The lowest BCUT2D eigenvalue weighted by Gasteiger charge is -2.14. The number of phenols is 2. The molecule has 0 aliphatic carbocycles. The van der Waals surface area contributed by atoms with E-state index in [1.165, 1.54) is 6.07 Å². The molecule has 3 aromatic rings. The zero-order valence-corrected chi connectivity index (χ0v) is 17.2. The van der Waals surface area contributed by atoms with Crippen LogP contribution in [0.2, 0.25) is 0 Å². The van der Waals surface area contributed by atoms with Crippen molar-refractivity contribution in [3.8, 4) is 11.5 Å². The van der Waals surface area contributed by atoms with Crippen LogP contribution in [0, 0.1) is 5.82 Å². The Morgan fingerprint density at radius 1 is 1.00 bits per heavy atom. The van der Waals surface area contributed by atoms with Gasteiger partial charge in [0.2, 0.25) is 0 Å². The Balaban J connectivity index is 1.72. The zero-order chi connectivity index (χ0) is 20.6. The summed E-state index contributed by atoms with van der Waals surface area (Å²) in [5.41, 5.74) is 2.00. The molecule has 3 rings (SSSR count). The fraction of sp³-hybridized carbons (Fsp3) is 0.136. The molecule has 0 aliphatic rings. The van der Waals surface area contributed by atoms with Gasteiger partial charge in [0, 0.05) is 16.6 Å². The highest BCUT2D eigenvalue weighted by Crippen LogP contribution is 2.21. The highest BCUT2D eigenvalue weighted by atomic mass is 79.9. The molecule has 7 heteroatoms. The van der Waals surface area contributed by atoms with Gasteiger partial charge in [-0.15, -0.1) is 0 Å². The van der Waals surface area contributed by atoms with E-state index in [4.69, 9.17) is 0 Å². The number of hydrogen-bond donors (Lipinski definition) is 4. The monoisotopic (exact) mass is 457 g/mol. The van der Waals surface area contributed by atoms with Gasteiger partial charge in [0.15, 0.2) is 5.96 Å². The number of halogens is 2. The Morgan fingerprint density at radius 3 is 2.52 bits per heavy atom. The lowest BCUT2D eigenvalue weighted by molar-refractivity contribution is 0.475. The van der Waals surface area contributed by atoms with Gasteiger partial charge >= 0.3 is 0 Å². The molecule has 0 aromatic heterocycles. The average Bonchev–Trinajstić information content (AvgIpc) is 2.71. The zero-order valence-electron chi connectivity index (χ0n) is 15.6. The topological polar surface area (TPSA) is 76.9 Å². The predicted octanol–water partition coefficient (Wildman–Crippen LogP) is 4.80. The van der Waals surface area contributed by atoms with Crippen LogP contribution in [0.3, 0.4) is 0 Å². The summed E-state index contributed by atoms with van der Waals surface area (Å²) in [6, 6.07) is 18.5. The van der Waals surface area contributed by atoms with E-state index in [0.717, 1.165) is 10.0 Å². The van der Waals surface area contributed by atoms with Crippen LogP contribution in [0.1, 0.15) is 11.1 Å². The number of hydrogen-bond acceptors (Lipinski definition) is 3. The smallest absolute Gasteiger partial charge is 0.196 e. The van der Waals surface area contributed by atoms with E-state index in [0.29, 0.717) is 30.2 Å². The summed E-state index contributed by atoms with van der Waals surface area (Å²) in [4.78, 5) is 4.46. The van der Waals surface area contributed by atoms with Crippen LogP contribution in [0.25, 0.3) is 0 Å². The van der Waals surface area contributed by atoms with Gasteiger partial charge in [-0.1, -0.05) is 40.2 Å². The minimum atomic E-state index is -0.331. The van der Waals surface area contributed by atoms with Crippen molar-refractivity contribution in [3.05, 3.63) is 88.1 Å². The van der Waals surface area contributed by atoms with Crippen LogP contribution < -0.4 is 10.6 Å². The highest BCUT2D eigenvalue weighted by Gasteiger charge is 2.07. The Kier molecular flexibility index (Phi) is 7.08. The summed E-state index contributed by atoms with van der Waals surface area (Å²) < 4.78 is 14.8. The van der Waals surface area contributed by atoms with E-state index in [2.05, 4.69) is 31.6 Å². The third kappa shape index (κ3) is 6.22. The molecule has 0 amide bonds. The van der Waals surface area contributed by atoms with Gasteiger partial charge in [0.1, 0.15) is 17.3 Å². The lowest BCUT2D eigenvalue weighted by Crippen LogP contribution is -2.32. The van der Waals surface area contributed by atoms with Crippen molar-refractivity contribution in [1.82, 2.24) is 5.32 Å². The van der Waals surface area contributed by atoms with Crippen molar-refractivity contribution in [2.75, 3.05) is 11.9 Å². The number of guanidine groups is 1. The summed E-state index contributed by atoms with van der Waals surface area (Å²) in [6.45, 7) is 0.693. The molecule has 0 saturated heterocycles. The summed E-state index contributed by atoms with van der Waals surface area (Å²) in [6.07, 6.45) is 0.701. The quantitative estimate of drug-likeness (QED) is 0.243. The van der Waals surface area contributed by atoms with Crippen LogP contribution in [0.5, 0.6) is 11.5 Å². The van der Waals surface area contributed by atoms with Gasteiger partial charge in [-0.25, -0.2) is 9.38 Å². The first-order valence-corrected chi connectivity index (χ1v) is 9.86. The number of nitrogens with zero attached hydrogens (tertiary/aromatic N) is 1. The lowest BCUT2D eigenvalue weighted by atomic mass is 10.1. The molecule has 0 spiro atoms. The molecule has 0 heterocycles. The Bertz CT molecular complexity index is 994. The molecular weight excluding hydrogens is 437 g/mol. The number of phenolic OH excluding ortho intramolecular Hbond substituents is 2. The maximum absolute atomic E-state index is 14.0. The maximum atomic E-state index is 14.0. The molecule has 0 bridgehead atoms. The number of anilines is 1. The number of benzene rings is 3. The SMILES string of the molecule is Oc1ccc(CCNC(=NCc2cc(Br)ccc2F)Nc2ccccc2O)cc1. The number of aromatic hydroxyl groups is 2. The van der Waals surface area contributed by atoms with E-state index < -0.39 is 0 Å². The molecule has 0 fully saturated rings. The van der Waals surface area contributed by atoms with Gasteiger partial charge in [0.25, 0.3) is 0 Å². The number of rotatable bonds is 6. The van der Waals surface area contributed by atoms with Gasteiger partial charge in [0.05, 0.1) is 12.2 Å². The maximum Gasteiger partial charge on any atom is 0.196 e. The van der Waals surface area contributed by atoms with Crippen molar-refractivity contribution >= 4 is 27.6 Å². The summed E-state index contributed by atoms with van der Waals surface area (Å²) in [5.74, 6) is 0.406. The van der Waals surface area contributed by atoms with Gasteiger partial charge in [-0.2, -0.15) is 0 Å². The Labute approximate surface area is 177 Å². The first kappa shape index (κ1) is 20.7. The van der Waals surface area contributed by atoms with Gasteiger partial charge < -0.3 is 20.8 Å². The third-order valence-electron chi connectivity index (χ3n) is 4.21. The second-order valence-corrected chi connectivity index (χ2v) is 7.30. The van der Waals surface area contributed by atoms with Crippen molar-refractivity contribution in [3.63, 3.8) is 0 Å². The molecule has 0 unspecified atom stereocenters. The van der Waals surface area contributed by atoms with E-state index in [1.54, 1.807) is 48.5 Å². The third-order valence-corrected chi connectivity index (χ3v) is 4.71. The molecule has 3 aromatic carbocycles. The molecule has 0 atom stereocenters. The molecule has 29 heavy (non-hydrogen) atoms. The van der Waals surface area contributed by atoms with E-state index in [9.17, 15) is 14.6 Å².